The van der Waals surface area contributed by atoms with Crippen molar-refractivity contribution >= 4 is 23.5 Å². The molecule has 3 aromatic rings. The zero-order chi connectivity index (χ0) is 28.4. The minimum Gasteiger partial charge on any atom is -0.494 e. The highest BCUT2D eigenvalue weighted by atomic mass is 35.5. The second kappa shape index (κ2) is 11.5. The predicted molar refractivity (Wildman–Crippen MR) is 150 cm³/mol. The lowest BCUT2D eigenvalue weighted by Gasteiger charge is -2.34. The van der Waals surface area contributed by atoms with Gasteiger partial charge in [-0.1, -0.05) is 41.9 Å². The van der Waals surface area contributed by atoms with E-state index in [-0.39, 0.29) is 39.8 Å². The van der Waals surface area contributed by atoms with Crippen molar-refractivity contribution in [3.05, 3.63) is 82.1 Å². The molecule has 3 aromatic carbocycles. The molecule has 3 N–H and O–H groups in total. The smallest absolute Gasteiger partial charge is 0.308 e. The van der Waals surface area contributed by atoms with Gasteiger partial charge in [-0.15, -0.1) is 0 Å². The lowest BCUT2D eigenvalue weighted by atomic mass is 9.83. The van der Waals surface area contributed by atoms with E-state index in [1.54, 1.807) is 12.1 Å². The maximum absolute atomic E-state index is 15.8. The Balaban J connectivity index is 1.52. The zero-order valence-electron chi connectivity index (χ0n) is 22.5. The molecule has 1 aliphatic carbocycles. The van der Waals surface area contributed by atoms with E-state index in [2.05, 4.69) is 5.32 Å². The third-order valence-electron chi connectivity index (χ3n) is 8.07. The number of halogens is 2. The summed E-state index contributed by atoms with van der Waals surface area (Å²) in [7, 11) is 2.78. The maximum Gasteiger partial charge on any atom is 0.308 e. The number of carbonyl (C=O) groups is 2. The number of carbonyl (C=O) groups excluding carboxylic acids is 2. The third kappa shape index (κ3) is 5.13. The van der Waals surface area contributed by atoms with Crippen LogP contribution in [0.15, 0.2) is 54.6 Å². The fourth-order valence-corrected chi connectivity index (χ4v) is 6.22. The number of primary amides is 1. The molecule has 0 spiro atoms. The molecule has 1 amide bonds. The van der Waals surface area contributed by atoms with E-state index >= 15 is 4.39 Å². The molecule has 40 heavy (non-hydrogen) atoms. The first-order valence-electron chi connectivity index (χ1n) is 13.3. The van der Waals surface area contributed by atoms with Gasteiger partial charge in [0.15, 0.2) is 17.2 Å². The van der Waals surface area contributed by atoms with Crippen LogP contribution in [0.5, 0.6) is 11.5 Å². The number of fused-ring (bicyclic) bond motifs is 1. The van der Waals surface area contributed by atoms with E-state index in [0.717, 1.165) is 31.2 Å². The van der Waals surface area contributed by atoms with Crippen molar-refractivity contribution < 1.29 is 28.2 Å². The summed E-state index contributed by atoms with van der Waals surface area (Å²) < 4.78 is 32.6. The lowest BCUT2D eigenvalue weighted by molar-refractivity contribution is -0.146. The number of hydrogen-bond donors (Lipinski definition) is 2. The minimum atomic E-state index is -0.815. The highest BCUT2D eigenvalue weighted by Crippen LogP contribution is 2.49. The highest BCUT2D eigenvalue weighted by molar-refractivity contribution is 6.34. The topological polar surface area (TPSA) is 99.9 Å². The molecule has 5 rings (SSSR count). The van der Waals surface area contributed by atoms with E-state index < -0.39 is 17.3 Å². The molecule has 1 saturated carbocycles. The van der Waals surface area contributed by atoms with Gasteiger partial charge in [-0.3, -0.25) is 9.59 Å². The van der Waals surface area contributed by atoms with Gasteiger partial charge in [0.05, 0.1) is 25.7 Å². The third-order valence-corrected chi connectivity index (χ3v) is 8.38. The number of nitrogens with two attached hydrogens (primary N) is 1. The first-order valence-corrected chi connectivity index (χ1v) is 13.7. The SMILES string of the molecule is COc1ccc(C(N)=O)c(-c2c(Cl)ccc3c2C[C@@](CN[C@H]2CC[C@@H](C(=O)OC)CC2)(c2ccccc2)O3)c1F. The van der Waals surface area contributed by atoms with Gasteiger partial charge >= 0.3 is 5.97 Å². The van der Waals surface area contributed by atoms with Crippen LogP contribution in [0.2, 0.25) is 5.02 Å². The predicted octanol–water partition coefficient (Wildman–Crippen LogP) is 5.41. The van der Waals surface area contributed by atoms with Gasteiger partial charge in [0, 0.05) is 40.7 Å². The summed E-state index contributed by atoms with van der Waals surface area (Å²) in [6.07, 6.45) is 3.57. The summed E-state index contributed by atoms with van der Waals surface area (Å²) in [5, 5.41) is 3.94. The largest absolute Gasteiger partial charge is 0.494 e. The Hall–Kier alpha value is -3.62. The van der Waals surface area contributed by atoms with E-state index in [1.165, 1.54) is 26.4 Å². The number of hydrogen-bond acceptors (Lipinski definition) is 6. The van der Waals surface area contributed by atoms with E-state index in [9.17, 15) is 9.59 Å². The summed E-state index contributed by atoms with van der Waals surface area (Å²) in [6, 6.07) is 16.3. The van der Waals surface area contributed by atoms with Gasteiger partial charge in [-0.05, 0) is 55.5 Å². The number of amides is 1. The molecule has 0 aromatic heterocycles. The van der Waals surface area contributed by atoms with Crippen molar-refractivity contribution in [2.75, 3.05) is 20.8 Å². The quantitative estimate of drug-likeness (QED) is 0.354. The second-order valence-corrected chi connectivity index (χ2v) is 10.8. The number of rotatable bonds is 8. The minimum absolute atomic E-state index is 0.00439. The van der Waals surface area contributed by atoms with Crippen molar-refractivity contribution in [3.63, 3.8) is 0 Å². The molecule has 1 atom stereocenters. The van der Waals surface area contributed by atoms with Crippen LogP contribution >= 0.6 is 11.6 Å². The average Bonchev–Trinajstić information content (AvgIpc) is 3.36. The monoisotopic (exact) mass is 566 g/mol. The fourth-order valence-electron chi connectivity index (χ4n) is 5.95. The van der Waals surface area contributed by atoms with Crippen LogP contribution in [0.25, 0.3) is 11.1 Å². The Bertz CT molecular complexity index is 1420. The molecule has 1 aliphatic heterocycles. The van der Waals surface area contributed by atoms with E-state index in [0.29, 0.717) is 29.8 Å². The molecule has 7 nitrogen and oxygen atoms in total. The lowest BCUT2D eigenvalue weighted by Crippen LogP contribution is -2.47. The summed E-state index contributed by atoms with van der Waals surface area (Å²) in [5.74, 6) is -1.18. The van der Waals surface area contributed by atoms with Crippen LogP contribution in [0.1, 0.15) is 47.2 Å². The number of methoxy groups -OCH3 is 2. The van der Waals surface area contributed by atoms with Gasteiger partial charge in [0.25, 0.3) is 0 Å². The summed E-state index contributed by atoms with van der Waals surface area (Å²) in [6.45, 7) is 0.472. The zero-order valence-corrected chi connectivity index (χ0v) is 23.2. The molecule has 0 radical (unpaired) electrons. The normalized spacial score (nSPS) is 21.8. The second-order valence-electron chi connectivity index (χ2n) is 10.4. The van der Waals surface area contributed by atoms with Crippen molar-refractivity contribution in [1.82, 2.24) is 5.32 Å². The van der Waals surface area contributed by atoms with Gasteiger partial charge in [0.2, 0.25) is 5.91 Å². The summed E-state index contributed by atoms with van der Waals surface area (Å²) in [5.41, 5.74) is 6.84. The molecule has 0 bridgehead atoms. The first kappa shape index (κ1) is 27.9. The maximum atomic E-state index is 15.8. The standard InChI is InChI=1S/C31H32ClFN2O5/c1-38-25-14-12-21(29(34)36)27(28(25)33)26-22-16-31(19-6-4-3-5-7-19,40-24(22)15-13-23(26)32)17-35-20-10-8-18(9-11-20)30(37)39-2/h3-7,12-15,18,20,35H,8-11,16-17H2,1-2H3,(H2,34,36)/t18-,20+,31-/m1/s1. The Morgan fingerprint density at radius 3 is 2.42 bits per heavy atom. The van der Waals surface area contributed by atoms with Crippen LogP contribution in [0.3, 0.4) is 0 Å². The molecule has 0 unspecified atom stereocenters. The molecular weight excluding hydrogens is 535 g/mol. The van der Waals surface area contributed by atoms with Crippen molar-refractivity contribution in [1.29, 1.82) is 0 Å². The van der Waals surface area contributed by atoms with Gasteiger partial charge in [0.1, 0.15) is 5.75 Å². The summed E-state index contributed by atoms with van der Waals surface area (Å²) in [4.78, 5) is 24.3. The van der Waals surface area contributed by atoms with Gasteiger partial charge < -0.3 is 25.3 Å². The summed E-state index contributed by atoms with van der Waals surface area (Å²) >= 11 is 6.71. The number of benzene rings is 3. The first-order chi connectivity index (χ1) is 19.3. The van der Waals surface area contributed by atoms with Crippen LogP contribution < -0.4 is 20.5 Å². The Morgan fingerprint density at radius 2 is 1.77 bits per heavy atom. The molecule has 9 heteroatoms. The average molecular weight is 567 g/mol. The highest BCUT2D eigenvalue weighted by Gasteiger charge is 2.44. The molecular formula is C31H32ClFN2O5. The number of ether oxygens (including phenoxy) is 3. The van der Waals surface area contributed by atoms with Crippen LogP contribution in [-0.2, 0) is 21.6 Å². The number of esters is 1. The fraction of sp³-hybridized carbons (Fsp3) is 0.355. The van der Waals surface area contributed by atoms with Gasteiger partial charge in [-0.25, -0.2) is 4.39 Å². The van der Waals surface area contributed by atoms with Crippen molar-refractivity contribution in [3.8, 4) is 22.6 Å². The number of nitrogens with one attached hydrogen (secondary N) is 1. The Kier molecular flexibility index (Phi) is 8.01. The molecule has 0 saturated heterocycles. The van der Waals surface area contributed by atoms with E-state index in [4.69, 9.17) is 31.5 Å². The van der Waals surface area contributed by atoms with Crippen LogP contribution in [0, 0.1) is 11.7 Å². The van der Waals surface area contributed by atoms with Crippen molar-refractivity contribution in [2.24, 2.45) is 11.7 Å². The Morgan fingerprint density at radius 1 is 1.05 bits per heavy atom. The Labute approximate surface area is 237 Å². The molecule has 2 aliphatic rings. The van der Waals surface area contributed by atoms with Crippen molar-refractivity contribution in [2.45, 2.75) is 43.7 Å². The van der Waals surface area contributed by atoms with Crippen LogP contribution in [0.4, 0.5) is 4.39 Å². The van der Waals surface area contributed by atoms with Gasteiger partial charge in [-0.2, -0.15) is 0 Å². The van der Waals surface area contributed by atoms with Crippen LogP contribution in [-0.4, -0.2) is 38.7 Å². The molecule has 1 fully saturated rings. The molecule has 1 heterocycles. The van der Waals surface area contributed by atoms with E-state index in [1.807, 2.05) is 30.3 Å². The molecule has 210 valence electrons.